The lowest BCUT2D eigenvalue weighted by Crippen LogP contribution is -2.28. The Morgan fingerprint density at radius 3 is 2.10 bits per heavy atom. The molecule has 0 spiro atoms. The topological polar surface area (TPSA) is 84.9 Å². The number of carboxylic acid groups (broad SMARTS) is 1. The summed E-state index contributed by atoms with van der Waals surface area (Å²) in [6, 6.07) is 25.1. The van der Waals surface area contributed by atoms with Gasteiger partial charge in [-0.2, -0.15) is 0 Å². The number of hydrogen-bond donors (Lipinski definition) is 2. The van der Waals surface area contributed by atoms with Crippen LogP contribution in [-0.4, -0.2) is 36.8 Å². The highest BCUT2D eigenvalue weighted by atomic mass is 16.5. The second-order valence-corrected chi connectivity index (χ2v) is 7.04. The summed E-state index contributed by atoms with van der Waals surface area (Å²) < 4.78 is 10.4. The Bertz CT molecular complexity index is 985. The Morgan fingerprint density at radius 2 is 1.48 bits per heavy atom. The van der Waals surface area contributed by atoms with Gasteiger partial charge in [0, 0.05) is 20.1 Å². The number of carbonyl (C=O) groups excluding carboxylic acids is 1. The molecule has 0 unspecified atom stereocenters. The Kier molecular flexibility index (Phi) is 7.79. The molecule has 2 N–H and O–H groups in total. The first-order valence-electron chi connectivity index (χ1n) is 9.93. The van der Waals surface area contributed by atoms with Crippen LogP contribution in [0.3, 0.4) is 0 Å². The van der Waals surface area contributed by atoms with Crippen LogP contribution in [0.5, 0.6) is 5.75 Å². The molecule has 0 aliphatic heterocycles. The number of rotatable bonds is 10. The molecule has 3 rings (SSSR count). The van der Waals surface area contributed by atoms with E-state index in [4.69, 9.17) is 14.6 Å². The first kappa shape index (κ1) is 22.1. The van der Waals surface area contributed by atoms with Crippen LogP contribution in [0, 0.1) is 0 Å². The molecule has 0 aliphatic rings. The molecule has 31 heavy (non-hydrogen) atoms. The van der Waals surface area contributed by atoms with E-state index in [0.717, 1.165) is 22.3 Å². The maximum atomic E-state index is 12.1. The van der Waals surface area contributed by atoms with E-state index in [2.05, 4.69) is 17.4 Å². The Balaban J connectivity index is 1.43. The SMILES string of the molecule is CO[C@@H](Cc1ccc(OCC(=O)NCc2ccc(-c3ccccc3)cc2)cc1)C(=O)O. The molecule has 0 fully saturated rings. The lowest BCUT2D eigenvalue weighted by molar-refractivity contribution is -0.148. The van der Waals surface area contributed by atoms with Crippen molar-refractivity contribution in [3.8, 4) is 16.9 Å². The molecule has 3 aromatic carbocycles. The van der Waals surface area contributed by atoms with Crippen molar-refractivity contribution in [3.05, 3.63) is 90.0 Å². The van der Waals surface area contributed by atoms with Crippen molar-refractivity contribution in [2.45, 2.75) is 19.1 Å². The van der Waals surface area contributed by atoms with Crippen LogP contribution in [-0.2, 0) is 27.3 Å². The van der Waals surface area contributed by atoms with Crippen LogP contribution >= 0.6 is 0 Å². The third kappa shape index (κ3) is 6.69. The van der Waals surface area contributed by atoms with E-state index in [1.807, 2.05) is 42.5 Å². The molecule has 0 saturated carbocycles. The summed E-state index contributed by atoms with van der Waals surface area (Å²) in [6.45, 7) is 0.320. The predicted molar refractivity (Wildman–Crippen MR) is 118 cm³/mol. The largest absolute Gasteiger partial charge is 0.484 e. The number of amides is 1. The molecular formula is C25H25NO5. The molecule has 0 heterocycles. The van der Waals surface area contributed by atoms with E-state index in [-0.39, 0.29) is 18.9 Å². The van der Waals surface area contributed by atoms with Crippen LogP contribution in [0.4, 0.5) is 0 Å². The van der Waals surface area contributed by atoms with Gasteiger partial charge in [-0.05, 0) is 34.4 Å². The minimum atomic E-state index is -1.01. The first-order chi connectivity index (χ1) is 15.0. The third-order valence-electron chi connectivity index (χ3n) is 4.83. The number of methoxy groups -OCH3 is 1. The molecule has 0 saturated heterocycles. The van der Waals surface area contributed by atoms with Crippen molar-refractivity contribution in [2.24, 2.45) is 0 Å². The lowest BCUT2D eigenvalue weighted by Gasteiger charge is -2.11. The van der Waals surface area contributed by atoms with Gasteiger partial charge in [-0.25, -0.2) is 4.79 Å². The van der Waals surface area contributed by atoms with Gasteiger partial charge < -0.3 is 19.9 Å². The van der Waals surface area contributed by atoms with E-state index >= 15 is 0 Å². The van der Waals surface area contributed by atoms with Crippen molar-refractivity contribution in [2.75, 3.05) is 13.7 Å². The number of nitrogens with one attached hydrogen (secondary N) is 1. The molecule has 0 bridgehead atoms. The van der Waals surface area contributed by atoms with Crippen LogP contribution in [0.15, 0.2) is 78.9 Å². The highest BCUT2D eigenvalue weighted by Crippen LogP contribution is 2.19. The third-order valence-corrected chi connectivity index (χ3v) is 4.83. The summed E-state index contributed by atoms with van der Waals surface area (Å²) in [5.41, 5.74) is 4.09. The van der Waals surface area contributed by atoms with Crippen LogP contribution in [0.1, 0.15) is 11.1 Å². The zero-order valence-corrected chi connectivity index (χ0v) is 17.3. The van der Waals surface area contributed by atoms with Gasteiger partial charge in [-0.15, -0.1) is 0 Å². The van der Waals surface area contributed by atoms with Gasteiger partial charge in [0.15, 0.2) is 12.7 Å². The molecule has 1 atom stereocenters. The minimum Gasteiger partial charge on any atom is -0.484 e. The molecule has 0 aromatic heterocycles. The number of benzene rings is 3. The van der Waals surface area contributed by atoms with Gasteiger partial charge in [0.1, 0.15) is 5.75 Å². The summed E-state index contributed by atoms with van der Waals surface area (Å²) in [5.74, 6) is -0.689. The van der Waals surface area contributed by atoms with E-state index in [0.29, 0.717) is 12.3 Å². The van der Waals surface area contributed by atoms with Crippen LogP contribution in [0.25, 0.3) is 11.1 Å². The van der Waals surface area contributed by atoms with Crippen molar-refractivity contribution < 1.29 is 24.2 Å². The molecule has 160 valence electrons. The number of ether oxygens (including phenoxy) is 2. The first-order valence-corrected chi connectivity index (χ1v) is 9.93. The van der Waals surface area contributed by atoms with Gasteiger partial charge in [-0.3, -0.25) is 4.79 Å². The van der Waals surface area contributed by atoms with Crippen LogP contribution in [0.2, 0.25) is 0 Å². The predicted octanol–water partition coefficient (Wildman–Crippen LogP) is 3.69. The number of hydrogen-bond acceptors (Lipinski definition) is 4. The fourth-order valence-corrected chi connectivity index (χ4v) is 3.05. The molecule has 6 heteroatoms. The minimum absolute atomic E-state index is 0.0999. The number of carboxylic acids is 1. The van der Waals surface area contributed by atoms with Gasteiger partial charge in [-0.1, -0.05) is 66.7 Å². The lowest BCUT2D eigenvalue weighted by atomic mass is 10.0. The zero-order chi connectivity index (χ0) is 22.1. The number of carbonyl (C=O) groups is 2. The van der Waals surface area contributed by atoms with E-state index in [1.165, 1.54) is 7.11 Å². The maximum absolute atomic E-state index is 12.1. The summed E-state index contributed by atoms with van der Waals surface area (Å²) in [4.78, 5) is 23.1. The molecule has 6 nitrogen and oxygen atoms in total. The normalized spacial score (nSPS) is 11.5. The molecule has 1 amide bonds. The molecule has 0 aliphatic carbocycles. The summed E-state index contributed by atoms with van der Waals surface area (Å²) >= 11 is 0. The van der Waals surface area contributed by atoms with Crippen molar-refractivity contribution in [1.82, 2.24) is 5.32 Å². The van der Waals surface area contributed by atoms with Gasteiger partial charge in [0.25, 0.3) is 5.91 Å². The Labute approximate surface area is 181 Å². The Hall–Kier alpha value is -3.64. The molecular weight excluding hydrogens is 394 g/mol. The quantitative estimate of drug-likeness (QED) is 0.524. The van der Waals surface area contributed by atoms with E-state index < -0.39 is 12.1 Å². The summed E-state index contributed by atoms with van der Waals surface area (Å²) in [6.07, 6.45) is -0.630. The highest BCUT2D eigenvalue weighted by molar-refractivity contribution is 5.77. The Morgan fingerprint density at radius 1 is 0.871 bits per heavy atom. The van der Waals surface area contributed by atoms with Gasteiger partial charge in [0.05, 0.1) is 0 Å². The number of aliphatic carboxylic acids is 1. The molecule has 3 aromatic rings. The van der Waals surface area contributed by atoms with E-state index in [9.17, 15) is 9.59 Å². The van der Waals surface area contributed by atoms with Crippen molar-refractivity contribution in [3.63, 3.8) is 0 Å². The maximum Gasteiger partial charge on any atom is 0.333 e. The second kappa shape index (κ2) is 10.9. The smallest absolute Gasteiger partial charge is 0.333 e. The fourth-order valence-electron chi connectivity index (χ4n) is 3.05. The van der Waals surface area contributed by atoms with E-state index in [1.54, 1.807) is 24.3 Å². The zero-order valence-electron chi connectivity index (χ0n) is 17.3. The summed E-state index contributed by atoms with van der Waals surface area (Å²) in [7, 11) is 1.37. The average molecular weight is 419 g/mol. The monoisotopic (exact) mass is 419 g/mol. The average Bonchev–Trinajstić information content (AvgIpc) is 2.81. The second-order valence-electron chi connectivity index (χ2n) is 7.04. The summed E-state index contributed by atoms with van der Waals surface area (Å²) in [5, 5.41) is 11.9. The molecule has 0 radical (unpaired) electrons. The van der Waals surface area contributed by atoms with Gasteiger partial charge >= 0.3 is 5.97 Å². The van der Waals surface area contributed by atoms with Crippen LogP contribution < -0.4 is 10.1 Å². The van der Waals surface area contributed by atoms with Crippen molar-refractivity contribution >= 4 is 11.9 Å². The van der Waals surface area contributed by atoms with Gasteiger partial charge in [0.2, 0.25) is 0 Å². The highest BCUT2D eigenvalue weighted by Gasteiger charge is 2.16. The standard InChI is InChI=1S/C25H25NO5/c1-30-23(25(28)29)15-18-9-13-22(14-10-18)31-17-24(27)26-16-19-7-11-21(12-8-19)20-5-3-2-4-6-20/h2-14,23H,15-17H2,1H3,(H,26,27)(H,28,29)/t23-/m0/s1. The van der Waals surface area contributed by atoms with Crippen molar-refractivity contribution in [1.29, 1.82) is 0 Å². The fraction of sp³-hybridized carbons (Fsp3) is 0.200.